The number of hydrogen-bond donors (Lipinski definition) is 2. The van der Waals surface area contributed by atoms with Crippen molar-refractivity contribution in [3.05, 3.63) is 50.7 Å². The van der Waals surface area contributed by atoms with Gasteiger partial charge in [0.05, 0.1) is 19.3 Å². The van der Waals surface area contributed by atoms with Crippen LogP contribution in [0.3, 0.4) is 0 Å². The number of hydrogen-bond acceptors (Lipinski definition) is 5. The number of carbonyl (C=O) groups excluding carboxylic acids is 2. The lowest BCUT2D eigenvalue weighted by atomic mass is 9.98. The second-order valence-electron chi connectivity index (χ2n) is 5.70. The molecule has 0 saturated carbocycles. The molecule has 1 heterocycles. The zero-order valence-electron chi connectivity index (χ0n) is 14.8. The lowest BCUT2D eigenvalue weighted by Gasteiger charge is -2.12. The van der Waals surface area contributed by atoms with E-state index < -0.39 is 12.0 Å². The van der Waals surface area contributed by atoms with Crippen LogP contribution in [0.4, 0.5) is 4.79 Å². The van der Waals surface area contributed by atoms with Gasteiger partial charge in [0.1, 0.15) is 5.75 Å². The average molecular weight is 362 g/mol. The highest BCUT2D eigenvalue weighted by Gasteiger charge is 2.14. The number of thiophene rings is 1. The van der Waals surface area contributed by atoms with Gasteiger partial charge in [-0.25, -0.2) is 10.2 Å². The van der Waals surface area contributed by atoms with Crippen LogP contribution in [0.5, 0.6) is 5.75 Å². The van der Waals surface area contributed by atoms with E-state index in [0.29, 0.717) is 17.7 Å². The molecule has 0 saturated heterocycles. The van der Waals surface area contributed by atoms with E-state index in [-0.39, 0.29) is 6.61 Å². The number of carbonyl (C=O) groups is 2. The molecule has 0 bridgehead atoms. The molecule has 2 rings (SSSR count). The lowest BCUT2D eigenvalue weighted by molar-refractivity contribution is 0.0908. The number of methoxy groups -OCH3 is 1. The summed E-state index contributed by atoms with van der Waals surface area (Å²) in [4.78, 5) is 23.7. The molecule has 2 N–H and O–H groups in total. The van der Waals surface area contributed by atoms with E-state index in [9.17, 15) is 9.59 Å². The Balaban J connectivity index is 1.79. The number of ether oxygens (including phenoxy) is 2. The normalized spacial score (nSPS) is 10.2. The number of nitrogens with one attached hydrogen (secondary N) is 2. The molecule has 0 spiro atoms. The van der Waals surface area contributed by atoms with E-state index in [1.807, 2.05) is 13.8 Å². The summed E-state index contributed by atoms with van der Waals surface area (Å²) in [5.74, 6) is 0.00302. The molecule has 0 aliphatic carbocycles. The molecule has 0 radical (unpaired) electrons. The quantitative estimate of drug-likeness (QED) is 0.800. The summed E-state index contributed by atoms with van der Waals surface area (Å²) in [7, 11) is 1.48. The highest BCUT2D eigenvalue weighted by molar-refractivity contribution is 7.08. The van der Waals surface area contributed by atoms with Gasteiger partial charge in [-0.05, 0) is 37.5 Å². The predicted octanol–water partition coefficient (Wildman–Crippen LogP) is 3.30. The van der Waals surface area contributed by atoms with Crippen LogP contribution < -0.4 is 15.6 Å². The Morgan fingerprint density at radius 1 is 1.08 bits per heavy atom. The Morgan fingerprint density at radius 3 is 2.40 bits per heavy atom. The first-order valence-corrected chi connectivity index (χ1v) is 8.76. The molecular formula is C18H22N2O4S. The van der Waals surface area contributed by atoms with Crippen molar-refractivity contribution in [1.29, 1.82) is 0 Å². The maximum atomic E-state index is 12.0. The fraction of sp³-hybridized carbons (Fsp3) is 0.333. The molecule has 0 atom stereocenters. The Hall–Kier alpha value is -2.54. The minimum Gasteiger partial charge on any atom is -0.495 e. The third kappa shape index (κ3) is 4.96. The van der Waals surface area contributed by atoms with Gasteiger partial charge in [-0.1, -0.05) is 17.7 Å². The van der Waals surface area contributed by atoms with E-state index in [4.69, 9.17) is 9.47 Å². The molecule has 2 amide bonds. The minimum absolute atomic E-state index is 0.230. The minimum atomic E-state index is -0.704. The maximum Gasteiger partial charge on any atom is 0.426 e. The van der Waals surface area contributed by atoms with Crippen LogP contribution in [0, 0.1) is 20.8 Å². The average Bonchev–Trinajstić information content (AvgIpc) is 3.03. The molecule has 0 unspecified atom stereocenters. The first-order chi connectivity index (χ1) is 11.9. The van der Waals surface area contributed by atoms with Crippen molar-refractivity contribution in [2.75, 3.05) is 13.7 Å². The van der Waals surface area contributed by atoms with Crippen molar-refractivity contribution in [3.8, 4) is 5.75 Å². The summed E-state index contributed by atoms with van der Waals surface area (Å²) in [5, 5.41) is 3.35. The Labute approximate surface area is 151 Å². The van der Waals surface area contributed by atoms with Gasteiger partial charge >= 0.3 is 6.09 Å². The molecule has 7 heteroatoms. The zero-order chi connectivity index (χ0) is 18.4. The fourth-order valence-corrected chi connectivity index (χ4v) is 3.44. The van der Waals surface area contributed by atoms with Crippen molar-refractivity contribution >= 4 is 23.3 Å². The number of rotatable bonds is 5. The predicted molar refractivity (Wildman–Crippen MR) is 97.2 cm³/mol. The standard InChI is InChI=1S/C18H22N2O4S/c1-11-7-12(2)14(13(3)8-11)5-6-24-18(22)20-19-17(21)15-9-25-10-16(15)23-4/h7-10H,5-6H2,1-4H3,(H,19,21)(H,20,22). The molecule has 25 heavy (non-hydrogen) atoms. The highest BCUT2D eigenvalue weighted by Crippen LogP contribution is 2.22. The van der Waals surface area contributed by atoms with Crippen molar-refractivity contribution in [1.82, 2.24) is 10.9 Å². The summed E-state index contributed by atoms with van der Waals surface area (Å²) in [5.41, 5.74) is 9.64. The number of aryl methyl sites for hydroxylation is 3. The summed E-state index contributed by atoms with van der Waals surface area (Å²) in [6.45, 7) is 6.38. The third-order valence-electron chi connectivity index (χ3n) is 3.79. The molecule has 0 aliphatic heterocycles. The van der Waals surface area contributed by atoms with E-state index in [1.54, 1.807) is 10.8 Å². The van der Waals surface area contributed by atoms with Crippen LogP contribution in [0.25, 0.3) is 0 Å². The van der Waals surface area contributed by atoms with Crippen molar-refractivity contribution < 1.29 is 19.1 Å². The molecule has 0 aliphatic rings. The molecule has 1 aromatic carbocycles. The fourth-order valence-electron chi connectivity index (χ4n) is 2.67. The summed E-state index contributed by atoms with van der Waals surface area (Å²) in [6.07, 6.45) is -0.0811. The van der Waals surface area contributed by atoms with Crippen molar-refractivity contribution in [2.24, 2.45) is 0 Å². The van der Waals surface area contributed by atoms with E-state index in [2.05, 4.69) is 29.9 Å². The van der Waals surface area contributed by atoms with Crippen LogP contribution in [-0.4, -0.2) is 25.7 Å². The summed E-state index contributed by atoms with van der Waals surface area (Å²) >= 11 is 1.34. The van der Waals surface area contributed by atoms with Crippen LogP contribution in [-0.2, 0) is 11.2 Å². The number of amides is 2. The molecular weight excluding hydrogens is 340 g/mol. The van der Waals surface area contributed by atoms with Crippen LogP contribution in [0.2, 0.25) is 0 Å². The van der Waals surface area contributed by atoms with Crippen molar-refractivity contribution in [3.63, 3.8) is 0 Å². The van der Waals surface area contributed by atoms with Gasteiger partial charge in [-0.3, -0.25) is 10.2 Å². The van der Waals surface area contributed by atoms with E-state index in [1.165, 1.54) is 40.7 Å². The molecule has 2 aromatic rings. The zero-order valence-corrected chi connectivity index (χ0v) is 15.6. The van der Waals surface area contributed by atoms with Gasteiger partial charge in [0.15, 0.2) is 0 Å². The first-order valence-electron chi connectivity index (χ1n) is 7.82. The van der Waals surface area contributed by atoms with Gasteiger partial charge < -0.3 is 9.47 Å². The van der Waals surface area contributed by atoms with Gasteiger partial charge in [0.25, 0.3) is 5.91 Å². The smallest absolute Gasteiger partial charge is 0.426 e. The summed E-state index contributed by atoms with van der Waals surface area (Å²) < 4.78 is 10.2. The Morgan fingerprint density at radius 2 is 1.76 bits per heavy atom. The largest absolute Gasteiger partial charge is 0.495 e. The number of hydrazine groups is 1. The first kappa shape index (κ1) is 18.8. The Bertz CT molecular complexity index is 747. The van der Waals surface area contributed by atoms with Crippen LogP contribution in [0.15, 0.2) is 22.9 Å². The highest BCUT2D eigenvalue weighted by atomic mass is 32.1. The Kier molecular flexibility index (Phi) is 6.41. The van der Waals surface area contributed by atoms with Crippen LogP contribution in [0.1, 0.15) is 32.6 Å². The SMILES string of the molecule is COc1cscc1C(=O)NNC(=O)OCCc1c(C)cc(C)cc1C. The maximum absolute atomic E-state index is 12.0. The molecule has 0 fully saturated rings. The third-order valence-corrected chi connectivity index (χ3v) is 4.52. The van der Waals surface area contributed by atoms with Gasteiger partial charge in [0.2, 0.25) is 0 Å². The number of benzene rings is 1. The second-order valence-corrected chi connectivity index (χ2v) is 6.44. The van der Waals surface area contributed by atoms with Crippen molar-refractivity contribution in [2.45, 2.75) is 27.2 Å². The topological polar surface area (TPSA) is 76.7 Å². The molecule has 1 aromatic heterocycles. The van der Waals surface area contributed by atoms with Gasteiger partial charge in [-0.15, -0.1) is 11.3 Å². The van der Waals surface area contributed by atoms with Gasteiger partial charge in [-0.2, -0.15) is 0 Å². The molecule has 6 nitrogen and oxygen atoms in total. The summed E-state index contributed by atoms with van der Waals surface area (Å²) in [6, 6.07) is 4.22. The lowest BCUT2D eigenvalue weighted by Crippen LogP contribution is -2.42. The molecule has 134 valence electrons. The second kappa shape index (κ2) is 8.53. The van der Waals surface area contributed by atoms with E-state index in [0.717, 1.165) is 0 Å². The van der Waals surface area contributed by atoms with Crippen LogP contribution >= 0.6 is 11.3 Å². The monoisotopic (exact) mass is 362 g/mol. The van der Waals surface area contributed by atoms with E-state index >= 15 is 0 Å². The van der Waals surface area contributed by atoms with Gasteiger partial charge in [0, 0.05) is 17.2 Å².